The standard InChI is InChI=1S/C13H19N3O/c1-8(2)11-9-6-10(17)16(13(3,4)5)12(9)15-7-14-11/h7-8H,6H2,1-5H3. The van der Waals surface area contributed by atoms with Gasteiger partial charge in [-0.25, -0.2) is 9.97 Å². The highest BCUT2D eigenvalue weighted by Gasteiger charge is 2.38. The molecule has 1 aromatic rings. The van der Waals surface area contributed by atoms with Crippen molar-refractivity contribution in [2.24, 2.45) is 0 Å². The maximum absolute atomic E-state index is 12.1. The van der Waals surface area contributed by atoms with E-state index < -0.39 is 0 Å². The molecule has 0 bridgehead atoms. The van der Waals surface area contributed by atoms with Crippen LogP contribution in [0.4, 0.5) is 5.82 Å². The summed E-state index contributed by atoms with van der Waals surface area (Å²) in [5.74, 6) is 1.23. The normalized spacial score (nSPS) is 15.6. The first kappa shape index (κ1) is 12.0. The Morgan fingerprint density at radius 1 is 1.29 bits per heavy atom. The quantitative estimate of drug-likeness (QED) is 0.747. The molecular formula is C13H19N3O. The lowest BCUT2D eigenvalue weighted by molar-refractivity contribution is -0.118. The van der Waals surface area contributed by atoms with E-state index in [9.17, 15) is 4.79 Å². The smallest absolute Gasteiger partial charge is 0.233 e. The van der Waals surface area contributed by atoms with Crippen LogP contribution in [0.5, 0.6) is 0 Å². The zero-order chi connectivity index (χ0) is 12.8. The van der Waals surface area contributed by atoms with Crippen molar-refractivity contribution in [3.8, 4) is 0 Å². The molecule has 0 radical (unpaired) electrons. The van der Waals surface area contributed by atoms with Crippen molar-refractivity contribution in [3.05, 3.63) is 17.6 Å². The number of fused-ring (bicyclic) bond motifs is 1. The van der Waals surface area contributed by atoms with E-state index in [1.807, 2.05) is 20.8 Å². The third-order valence-electron chi connectivity index (χ3n) is 2.96. The Hall–Kier alpha value is -1.45. The Morgan fingerprint density at radius 2 is 1.94 bits per heavy atom. The fourth-order valence-corrected chi connectivity index (χ4v) is 2.32. The number of rotatable bonds is 1. The number of carbonyl (C=O) groups excluding carboxylic acids is 1. The lowest BCUT2D eigenvalue weighted by atomic mass is 10.0. The van der Waals surface area contributed by atoms with Crippen molar-refractivity contribution in [1.82, 2.24) is 9.97 Å². The van der Waals surface area contributed by atoms with Gasteiger partial charge in [-0.3, -0.25) is 9.69 Å². The van der Waals surface area contributed by atoms with Crippen molar-refractivity contribution < 1.29 is 4.79 Å². The Labute approximate surface area is 102 Å². The maximum Gasteiger partial charge on any atom is 0.233 e. The van der Waals surface area contributed by atoms with Crippen LogP contribution < -0.4 is 4.90 Å². The molecule has 0 aromatic carbocycles. The Bertz CT molecular complexity index is 460. The molecule has 2 heterocycles. The molecule has 2 rings (SSSR count). The van der Waals surface area contributed by atoms with Gasteiger partial charge >= 0.3 is 0 Å². The molecule has 1 aliphatic heterocycles. The fourth-order valence-electron chi connectivity index (χ4n) is 2.32. The molecule has 1 aliphatic rings. The fraction of sp³-hybridized carbons (Fsp3) is 0.615. The predicted octanol–water partition coefficient (Wildman–Crippen LogP) is 2.29. The summed E-state index contributed by atoms with van der Waals surface area (Å²) in [4.78, 5) is 22.5. The summed E-state index contributed by atoms with van der Waals surface area (Å²) >= 11 is 0. The van der Waals surface area contributed by atoms with E-state index in [0.29, 0.717) is 12.3 Å². The minimum Gasteiger partial charge on any atom is -0.291 e. The van der Waals surface area contributed by atoms with E-state index in [1.165, 1.54) is 0 Å². The van der Waals surface area contributed by atoms with Crippen molar-refractivity contribution >= 4 is 11.7 Å². The van der Waals surface area contributed by atoms with Gasteiger partial charge in [0.25, 0.3) is 0 Å². The summed E-state index contributed by atoms with van der Waals surface area (Å²) in [6.07, 6.45) is 1.99. The molecule has 0 unspecified atom stereocenters. The van der Waals surface area contributed by atoms with E-state index in [4.69, 9.17) is 0 Å². The highest BCUT2D eigenvalue weighted by atomic mass is 16.2. The number of amides is 1. The summed E-state index contributed by atoms with van der Waals surface area (Å²) in [7, 11) is 0. The first-order valence-electron chi connectivity index (χ1n) is 5.99. The molecule has 0 saturated heterocycles. The number of hydrogen-bond acceptors (Lipinski definition) is 3. The molecule has 17 heavy (non-hydrogen) atoms. The van der Waals surface area contributed by atoms with E-state index in [-0.39, 0.29) is 11.4 Å². The van der Waals surface area contributed by atoms with Crippen molar-refractivity contribution in [3.63, 3.8) is 0 Å². The number of aromatic nitrogens is 2. The van der Waals surface area contributed by atoms with Crippen molar-refractivity contribution in [1.29, 1.82) is 0 Å². The summed E-state index contributed by atoms with van der Waals surface area (Å²) in [6, 6.07) is 0. The van der Waals surface area contributed by atoms with Crippen molar-refractivity contribution in [2.75, 3.05) is 4.90 Å². The first-order chi connectivity index (χ1) is 7.82. The zero-order valence-electron chi connectivity index (χ0n) is 11.1. The average Bonchev–Trinajstić information content (AvgIpc) is 2.51. The van der Waals surface area contributed by atoms with Gasteiger partial charge in [0, 0.05) is 11.1 Å². The minimum atomic E-state index is -0.231. The second-order valence-corrected chi connectivity index (χ2v) is 5.79. The van der Waals surface area contributed by atoms with Gasteiger partial charge in [0.1, 0.15) is 12.1 Å². The van der Waals surface area contributed by atoms with E-state index in [1.54, 1.807) is 11.2 Å². The molecule has 0 N–H and O–H groups in total. The lowest BCUT2D eigenvalue weighted by Gasteiger charge is -2.31. The minimum absolute atomic E-state index is 0.120. The van der Waals surface area contributed by atoms with E-state index in [0.717, 1.165) is 17.1 Å². The molecule has 0 fully saturated rings. The number of anilines is 1. The third-order valence-corrected chi connectivity index (χ3v) is 2.96. The van der Waals surface area contributed by atoms with E-state index >= 15 is 0 Å². The lowest BCUT2D eigenvalue weighted by Crippen LogP contribution is -2.44. The monoisotopic (exact) mass is 233 g/mol. The number of carbonyl (C=O) groups is 1. The average molecular weight is 233 g/mol. The van der Waals surface area contributed by atoms with Crippen LogP contribution in [0.3, 0.4) is 0 Å². The van der Waals surface area contributed by atoms with Crippen LogP contribution in [0, 0.1) is 0 Å². The summed E-state index contributed by atoms with van der Waals surface area (Å²) < 4.78 is 0. The van der Waals surface area contributed by atoms with Crippen LogP contribution in [0.15, 0.2) is 6.33 Å². The van der Waals surface area contributed by atoms with Crippen LogP contribution in [0.1, 0.15) is 51.8 Å². The second-order valence-electron chi connectivity index (χ2n) is 5.79. The topological polar surface area (TPSA) is 46.1 Å². The molecule has 1 amide bonds. The van der Waals surface area contributed by atoms with Crippen LogP contribution in [0.25, 0.3) is 0 Å². The molecular weight excluding hydrogens is 214 g/mol. The summed E-state index contributed by atoms with van der Waals surface area (Å²) in [6.45, 7) is 10.3. The first-order valence-corrected chi connectivity index (χ1v) is 5.99. The van der Waals surface area contributed by atoms with Gasteiger partial charge in [-0.1, -0.05) is 13.8 Å². The van der Waals surface area contributed by atoms with Gasteiger partial charge in [-0.2, -0.15) is 0 Å². The van der Waals surface area contributed by atoms with Gasteiger partial charge in [0.05, 0.1) is 12.1 Å². The number of hydrogen-bond donors (Lipinski definition) is 0. The molecule has 0 saturated carbocycles. The molecule has 0 aliphatic carbocycles. The molecule has 0 atom stereocenters. The Kier molecular flexibility index (Phi) is 2.68. The maximum atomic E-state index is 12.1. The molecule has 92 valence electrons. The SMILES string of the molecule is CC(C)c1ncnc2c1CC(=O)N2C(C)(C)C. The Balaban J connectivity index is 2.56. The largest absolute Gasteiger partial charge is 0.291 e. The van der Waals surface area contributed by atoms with Crippen LogP contribution in [-0.4, -0.2) is 21.4 Å². The van der Waals surface area contributed by atoms with Gasteiger partial charge < -0.3 is 0 Å². The van der Waals surface area contributed by atoms with Gasteiger partial charge in [-0.05, 0) is 26.7 Å². The van der Waals surface area contributed by atoms with Gasteiger partial charge in [0.2, 0.25) is 5.91 Å². The van der Waals surface area contributed by atoms with Gasteiger partial charge in [0.15, 0.2) is 0 Å². The van der Waals surface area contributed by atoms with Crippen molar-refractivity contribution in [2.45, 2.75) is 52.5 Å². The van der Waals surface area contributed by atoms with Crippen LogP contribution in [-0.2, 0) is 11.2 Å². The van der Waals surface area contributed by atoms with Gasteiger partial charge in [-0.15, -0.1) is 0 Å². The molecule has 0 spiro atoms. The van der Waals surface area contributed by atoms with E-state index in [2.05, 4.69) is 23.8 Å². The summed E-state index contributed by atoms with van der Waals surface area (Å²) in [5.41, 5.74) is 1.77. The third kappa shape index (κ3) is 1.92. The highest BCUT2D eigenvalue weighted by Crippen LogP contribution is 2.35. The second kappa shape index (κ2) is 3.79. The molecule has 4 nitrogen and oxygen atoms in total. The molecule has 4 heteroatoms. The van der Waals surface area contributed by atoms with Crippen LogP contribution in [0.2, 0.25) is 0 Å². The molecule has 1 aromatic heterocycles. The summed E-state index contributed by atoms with van der Waals surface area (Å²) in [5, 5.41) is 0. The van der Waals surface area contributed by atoms with Crippen LogP contribution >= 0.6 is 0 Å². The highest BCUT2D eigenvalue weighted by molar-refractivity contribution is 6.01. The number of nitrogens with zero attached hydrogens (tertiary/aromatic N) is 3. The zero-order valence-corrected chi connectivity index (χ0v) is 11.1. The Morgan fingerprint density at radius 3 is 2.47 bits per heavy atom. The predicted molar refractivity (Wildman–Crippen MR) is 67.1 cm³/mol.